The first kappa shape index (κ1) is 19.8. The highest BCUT2D eigenvalue weighted by Gasteiger charge is 2.20. The molecule has 0 fully saturated rings. The third-order valence-electron chi connectivity index (χ3n) is 3.82. The zero-order valence-corrected chi connectivity index (χ0v) is 15.8. The van der Waals surface area contributed by atoms with Gasteiger partial charge in [-0.15, -0.1) is 0 Å². The molecule has 0 atom stereocenters. The molecule has 0 heterocycles. The lowest BCUT2D eigenvalue weighted by atomic mass is 10.3. The van der Waals surface area contributed by atoms with E-state index in [1.165, 1.54) is 11.4 Å². The lowest BCUT2D eigenvalue weighted by Crippen LogP contribution is -2.29. The molecule has 0 aromatic heterocycles. The lowest BCUT2D eigenvalue weighted by Gasteiger charge is -2.19. The van der Waals surface area contributed by atoms with E-state index in [1.54, 1.807) is 54.6 Å². The summed E-state index contributed by atoms with van der Waals surface area (Å²) in [7, 11) is -2.12. The van der Waals surface area contributed by atoms with Crippen molar-refractivity contribution in [1.29, 1.82) is 0 Å². The van der Waals surface area contributed by atoms with Crippen LogP contribution in [-0.4, -0.2) is 34.5 Å². The summed E-state index contributed by atoms with van der Waals surface area (Å²) in [6.45, 7) is 2.63. The monoisotopic (exact) mass is 376 g/mol. The molecular formula is C19H24N2O4S. The second kappa shape index (κ2) is 9.24. The number of unbranched alkanes of at least 4 members (excludes halogenated alkanes) is 1. The van der Waals surface area contributed by atoms with E-state index in [1.807, 2.05) is 0 Å². The Balaban J connectivity index is 1.97. The molecule has 0 spiro atoms. The van der Waals surface area contributed by atoms with Gasteiger partial charge in [-0.1, -0.05) is 31.5 Å². The summed E-state index contributed by atoms with van der Waals surface area (Å²) >= 11 is 0. The number of ether oxygens (including phenoxy) is 1. The highest BCUT2D eigenvalue weighted by Crippen LogP contribution is 2.24. The summed E-state index contributed by atoms with van der Waals surface area (Å²) in [6, 6.07) is 14.8. The molecule has 0 saturated carbocycles. The maximum Gasteiger partial charge on any atom is 0.264 e. The number of hydrogen-bond acceptors (Lipinski definition) is 4. The predicted octanol–water partition coefficient (Wildman–Crippen LogP) is 2.81. The van der Waals surface area contributed by atoms with Crippen molar-refractivity contribution in [3.8, 4) is 5.75 Å². The van der Waals surface area contributed by atoms with Crippen molar-refractivity contribution in [3.05, 3.63) is 54.6 Å². The van der Waals surface area contributed by atoms with Crippen LogP contribution in [0.5, 0.6) is 5.75 Å². The van der Waals surface area contributed by atoms with Gasteiger partial charge in [0.25, 0.3) is 15.9 Å². The first-order valence-corrected chi connectivity index (χ1v) is 9.92. The number of amides is 1. The highest BCUT2D eigenvalue weighted by atomic mass is 32.2. The Bertz CT molecular complexity index is 805. The maximum absolute atomic E-state index is 12.6. The van der Waals surface area contributed by atoms with Crippen LogP contribution in [0.2, 0.25) is 0 Å². The van der Waals surface area contributed by atoms with E-state index >= 15 is 0 Å². The van der Waals surface area contributed by atoms with Gasteiger partial charge < -0.3 is 10.1 Å². The fourth-order valence-electron chi connectivity index (χ4n) is 2.25. The first-order valence-electron chi connectivity index (χ1n) is 8.48. The van der Waals surface area contributed by atoms with Crippen molar-refractivity contribution in [2.24, 2.45) is 0 Å². The largest absolute Gasteiger partial charge is 0.484 e. The van der Waals surface area contributed by atoms with Gasteiger partial charge in [0.2, 0.25) is 0 Å². The van der Waals surface area contributed by atoms with Crippen LogP contribution in [-0.2, 0) is 14.8 Å². The predicted molar refractivity (Wildman–Crippen MR) is 102 cm³/mol. The molecule has 1 amide bonds. The summed E-state index contributed by atoms with van der Waals surface area (Å²) in [4.78, 5) is 11.9. The molecule has 1 N–H and O–H groups in total. The molecule has 6 nitrogen and oxygen atoms in total. The Morgan fingerprint density at radius 2 is 1.73 bits per heavy atom. The van der Waals surface area contributed by atoms with E-state index in [9.17, 15) is 13.2 Å². The van der Waals surface area contributed by atoms with Gasteiger partial charge in [-0.25, -0.2) is 8.42 Å². The summed E-state index contributed by atoms with van der Waals surface area (Å²) in [5, 5.41) is 2.77. The molecule has 0 aliphatic heterocycles. The van der Waals surface area contributed by atoms with E-state index in [0.717, 1.165) is 12.8 Å². The van der Waals surface area contributed by atoms with E-state index in [0.29, 0.717) is 18.0 Å². The number of carbonyl (C=O) groups excluding carboxylic acids is 1. The number of anilines is 1. The molecule has 0 aliphatic rings. The van der Waals surface area contributed by atoms with Crippen LogP contribution in [0.4, 0.5) is 5.69 Å². The maximum atomic E-state index is 12.6. The molecule has 7 heteroatoms. The molecule has 0 bridgehead atoms. The van der Waals surface area contributed by atoms with Crippen molar-refractivity contribution >= 4 is 21.6 Å². The number of sulfonamides is 1. The van der Waals surface area contributed by atoms with Crippen molar-refractivity contribution in [2.75, 3.05) is 24.5 Å². The first-order chi connectivity index (χ1) is 12.4. The zero-order chi connectivity index (χ0) is 19.0. The van der Waals surface area contributed by atoms with Gasteiger partial charge in [-0.05, 0) is 42.8 Å². The summed E-state index contributed by atoms with van der Waals surface area (Å²) < 4.78 is 31.8. The fraction of sp³-hybridized carbons (Fsp3) is 0.316. The van der Waals surface area contributed by atoms with E-state index in [2.05, 4.69) is 12.2 Å². The molecule has 2 rings (SSSR count). The number of nitrogens with zero attached hydrogens (tertiary/aromatic N) is 1. The minimum atomic E-state index is -3.62. The van der Waals surface area contributed by atoms with Gasteiger partial charge in [0, 0.05) is 13.6 Å². The van der Waals surface area contributed by atoms with Crippen LogP contribution in [0, 0.1) is 0 Å². The van der Waals surface area contributed by atoms with Crippen LogP contribution >= 0.6 is 0 Å². The summed E-state index contributed by atoms with van der Waals surface area (Å²) in [5.74, 6) is 0.330. The summed E-state index contributed by atoms with van der Waals surface area (Å²) in [6.07, 6.45) is 1.95. The van der Waals surface area contributed by atoms with Crippen LogP contribution < -0.4 is 14.4 Å². The van der Waals surface area contributed by atoms with Crippen molar-refractivity contribution < 1.29 is 17.9 Å². The van der Waals surface area contributed by atoms with Gasteiger partial charge in [0.1, 0.15) is 5.75 Å². The lowest BCUT2D eigenvalue weighted by molar-refractivity contribution is -0.123. The van der Waals surface area contributed by atoms with Crippen molar-refractivity contribution in [3.63, 3.8) is 0 Å². The van der Waals surface area contributed by atoms with Gasteiger partial charge in [-0.3, -0.25) is 9.10 Å². The fourth-order valence-corrected chi connectivity index (χ4v) is 3.46. The number of hydrogen-bond donors (Lipinski definition) is 1. The van der Waals surface area contributed by atoms with Gasteiger partial charge in [0.05, 0.1) is 10.6 Å². The third kappa shape index (κ3) is 5.23. The molecule has 2 aromatic rings. The Morgan fingerprint density at radius 1 is 1.08 bits per heavy atom. The van der Waals surface area contributed by atoms with Crippen molar-refractivity contribution in [1.82, 2.24) is 5.32 Å². The average Bonchev–Trinajstić information content (AvgIpc) is 2.67. The minimum Gasteiger partial charge on any atom is -0.484 e. The van der Waals surface area contributed by atoms with E-state index in [4.69, 9.17) is 4.74 Å². The smallest absolute Gasteiger partial charge is 0.264 e. The van der Waals surface area contributed by atoms with Crippen LogP contribution in [0.25, 0.3) is 0 Å². The van der Waals surface area contributed by atoms with Gasteiger partial charge >= 0.3 is 0 Å². The zero-order valence-electron chi connectivity index (χ0n) is 15.0. The molecular weight excluding hydrogens is 352 g/mol. The van der Waals surface area contributed by atoms with Crippen LogP contribution in [0.3, 0.4) is 0 Å². The minimum absolute atomic E-state index is 0.0682. The Morgan fingerprint density at radius 3 is 2.35 bits per heavy atom. The Hall–Kier alpha value is -2.54. The van der Waals surface area contributed by atoms with Gasteiger partial charge in [0.15, 0.2) is 6.61 Å². The number of benzene rings is 2. The second-order valence-electron chi connectivity index (χ2n) is 5.77. The average molecular weight is 376 g/mol. The van der Waals surface area contributed by atoms with E-state index in [-0.39, 0.29) is 17.4 Å². The molecule has 26 heavy (non-hydrogen) atoms. The standard InChI is InChI=1S/C19H24N2O4S/c1-3-4-14-20-19(22)15-25-17-12-10-16(11-13-17)21(2)26(23,24)18-8-6-5-7-9-18/h5-13H,3-4,14-15H2,1-2H3,(H,20,22). The van der Waals surface area contributed by atoms with Crippen molar-refractivity contribution in [2.45, 2.75) is 24.7 Å². The Labute approximate surface area is 154 Å². The molecule has 0 radical (unpaired) electrons. The SMILES string of the molecule is CCCCNC(=O)COc1ccc(N(C)S(=O)(=O)c2ccccc2)cc1. The third-order valence-corrected chi connectivity index (χ3v) is 5.62. The van der Waals surface area contributed by atoms with Gasteiger partial charge in [-0.2, -0.15) is 0 Å². The Kier molecular flexibility index (Phi) is 7.03. The molecule has 140 valence electrons. The topological polar surface area (TPSA) is 75.7 Å². The second-order valence-corrected chi connectivity index (χ2v) is 7.74. The molecule has 2 aromatic carbocycles. The number of rotatable bonds is 9. The molecule has 0 aliphatic carbocycles. The summed E-state index contributed by atoms with van der Waals surface area (Å²) in [5.41, 5.74) is 0.508. The normalized spacial score (nSPS) is 11.0. The van der Waals surface area contributed by atoms with E-state index < -0.39 is 10.0 Å². The number of nitrogens with one attached hydrogen (secondary N) is 1. The van der Waals surface area contributed by atoms with Crippen LogP contribution in [0.1, 0.15) is 19.8 Å². The van der Waals surface area contributed by atoms with Crippen LogP contribution in [0.15, 0.2) is 59.5 Å². The molecule has 0 saturated heterocycles. The number of carbonyl (C=O) groups is 1. The quantitative estimate of drug-likeness (QED) is 0.683. The highest BCUT2D eigenvalue weighted by molar-refractivity contribution is 7.92. The molecule has 0 unspecified atom stereocenters.